The van der Waals surface area contributed by atoms with Crippen LogP contribution in [-0.4, -0.2) is 9.97 Å². The number of nitro groups is 1. The van der Waals surface area contributed by atoms with Gasteiger partial charge in [0.1, 0.15) is 0 Å². The number of hydrogen-bond donors (Lipinski definition) is 0. The molecule has 1 heterocycles. The van der Waals surface area contributed by atoms with E-state index in [2.05, 4.69) is 13.8 Å². The van der Waals surface area contributed by atoms with E-state index in [-0.39, 0.29) is 16.1 Å². The van der Waals surface area contributed by atoms with Crippen LogP contribution in [-0.2, 0) is 5.54 Å². The SMILES string of the molecule is CCC1(CC)N=C(C)Sc2ccc([N+](=O)[O-])cc21. The second-order valence-electron chi connectivity index (χ2n) is 4.41. The van der Waals surface area contributed by atoms with Gasteiger partial charge in [0.05, 0.1) is 15.5 Å². The van der Waals surface area contributed by atoms with Crippen molar-refractivity contribution in [1.82, 2.24) is 0 Å². The summed E-state index contributed by atoms with van der Waals surface area (Å²) in [6.07, 6.45) is 1.71. The Bertz CT molecular complexity index is 522. The highest BCUT2D eigenvalue weighted by atomic mass is 32.2. The third-order valence-corrected chi connectivity index (χ3v) is 4.44. The number of hydrogen-bond acceptors (Lipinski definition) is 4. The zero-order valence-corrected chi connectivity index (χ0v) is 11.6. The minimum Gasteiger partial charge on any atom is -0.271 e. The van der Waals surface area contributed by atoms with Gasteiger partial charge < -0.3 is 0 Å². The van der Waals surface area contributed by atoms with Gasteiger partial charge in [0.15, 0.2) is 0 Å². The van der Waals surface area contributed by atoms with E-state index < -0.39 is 0 Å². The van der Waals surface area contributed by atoms with E-state index in [0.29, 0.717) is 0 Å². The van der Waals surface area contributed by atoms with E-state index in [4.69, 9.17) is 4.99 Å². The Kier molecular flexibility index (Phi) is 3.43. The lowest BCUT2D eigenvalue weighted by atomic mass is 9.85. The fourth-order valence-corrected chi connectivity index (χ4v) is 3.45. The van der Waals surface area contributed by atoms with Gasteiger partial charge >= 0.3 is 0 Å². The molecule has 0 radical (unpaired) electrons. The lowest BCUT2D eigenvalue weighted by Crippen LogP contribution is -2.26. The Balaban J connectivity index is 2.62. The van der Waals surface area contributed by atoms with Gasteiger partial charge in [0.2, 0.25) is 0 Å². The van der Waals surface area contributed by atoms with Gasteiger partial charge in [-0.1, -0.05) is 25.6 Å². The normalized spacial score (nSPS) is 16.9. The first-order valence-corrected chi connectivity index (χ1v) is 6.87. The highest BCUT2D eigenvalue weighted by Gasteiger charge is 2.35. The monoisotopic (exact) mass is 264 g/mol. The second kappa shape index (κ2) is 4.72. The maximum atomic E-state index is 10.9. The van der Waals surface area contributed by atoms with Crippen LogP contribution >= 0.6 is 11.8 Å². The Hall–Kier alpha value is -1.36. The number of nitro benzene ring substituents is 1. The van der Waals surface area contributed by atoms with Crippen LogP contribution in [0.1, 0.15) is 39.2 Å². The Labute approximate surface area is 111 Å². The number of benzene rings is 1. The van der Waals surface area contributed by atoms with Crippen LogP contribution in [0.15, 0.2) is 28.1 Å². The molecule has 1 aromatic carbocycles. The molecular weight excluding hydrogens is 248 g/mol. The van der Waals surface area contributed by atoms with Crippen LogP contribution in [0.2, 0.25) is 0 Å². The van der Waals surface area contributed by atoms with Gasteiger partial charge in [0, 0.05) is 22.6 Å². The van der Waals surface area contributed by atoms with Gasteiger partial charge in [-0.2, -0.15) is 0 Å². The molecule has 0 atom stereocenters. The summed E-state index contributed by atoms with van der Waals surface area (Å²) in [6.45, 7) is 6.16. The summed E-state index contributed by atoms with van der Waals surface area (Å²) in [4.78, 5) is 16.4. The second-order valence-corrected chi connectivity index (χ2v) is 5.64. The molecule has 0 bridgehead atoms. The molecule has 2 rings (SSSR count). The third kappa shape index (κ3) is 2.03. The maximum Gasteiger partial charge on any atom is 0.269 e. The van der Waals surface area contributed by atoms with Crippen molar-refractivity contribution < 1.29 is 4.92 Å². The van der Waals surface area contributed by atoms with Gasteiger partial charge in [-0.3, -0.25) is 15.1 Å². The molecule has 0 unspecified atom stereocenters. The molecule has 96 valence electrons. The Morgan fingerprint density at radius 3 is 2.61 bits per heavy atom. The summed E-state index contributed by atoms with van der Waals surface area (Å²) in [5.41, 5.74) is 0.851. The molecule has 18 heavy (non-hydrogen) atoms. The first-order chi connectivity index (χ1) is 8.52. The number of fused-ring (bicyclic) bond motifs is 1. The van der Waals surface area contributed by atoms with Crippen LogP contribution in [0, 0.1) is 10.1 Å². The molecule has 0 amide bonds. The molecule has 0 saturated heterocycles. The molecule has 1 aromatic rings. The molecule has 0 aliphatic carbocycles. The zero-order valence-electron chi connectivity index (χ0n) is 10.8. The van der Waals surface area contributed by atoms with Crippen LogP contribution in [0.5, 0.6) is 0 Å². The number of aliphatic imine (C=N–C) groups is 1. The maximum absolute atomic E-state index is 10.9. The molecule has 0 spiro atoms. The molecule has 4 nitrogen and oxygen atoms in total. The highest BCUT2D eigenvalue weighted by molar-refractivity contribution is 8.14. The Morgan fingerprint density at radius 1 is 1.39 bits per heavy atom. The molecule has 0 saturated carbocycles. The fourth-order valence-electron chi connectivity index (χ4n) is 2.42. The Morgan fingerprint density at radius 2 is 2.06 bits per heavy atom. The summed E-state index contributed by atoms with van der Waals surface area (Å²) in [5, 5.41) is 11.9. The highest BCUT2D eigenvalue weighted by Crippen LogP contribution is 2.45. The van der Waals surface area contributed by atoms with Crippen LogP contribution < -0.4 is 0 Å². The predicted octanol–water partition coefficient (Wildman–Crippen LogP) is 4.13. The molecule has 5 heteroatoms. The number of non-ortho nitro benzene ring substituents is 1. The molecule has 1 aliphatic rings. The van der Waals surface area contributed by atoms with Crippen molar-refractivity contribution in [1.29, 1.82) is 0 Å². The summed E-state index contributed by atoms with van der Waals surface area (Å²) in [6, 6.07) is 5.10. The van der Waals surface area contributed by atoms with E-state index in [9.17, 15) is 10.1 Å². The van der Waals surface area contributed by atoms with Gasteiger partial charge in [0.25, 0.3) is 5.69 Å². The zero-order chi connectivity index (χ0) is 13.3. The molecule has 1 aliphatic heterocycles. The van der Waals surface area contributed by atoms with Crippen LogP contribution in [0.25, 0.3) is 0 Å². The van der Waals surface area contributed by atoms with Crippen LogP contribution in [0.3, 0.4) is 0 Å². The van der Waals surface area contributed by atoms with E-state index >= 15 is 0 Å². The molecule has 0 aromatic heterocycles. The number of thioether (sulfide) groups is 1. The predicted molar refractivity (Wildman–Crippen MR) is 74.3 cm³/mol. The quantitative estimate of drug-likeness (QED) is 0.609. The summed E-state index contributed by atoms with van der Waals surface area (Å²) in [5.74, 6) is 0. The smallest absolute Gasteiger partial charge is 0.269 e. The van der Waals surface area contributed by atoms with E-state index in [0.717, 1.165) is 28.3 Å². The fraction of sp³-hybridized carbons (Fsp3) is 0.462. The third-order valence-electron chi connectivity index (χ3n) is 3.47. The van der Waals surface area contributed by atoms with E-state index in [1.807, 2.05) is 13.0 Å². The molecule has 0 fully saturated rings. The summed E-state index contributed by atoms with van der Waals surface area (Å²) >= 11 is 1.59. The number of nitrogens with zero attached hydrogens (tertiary/aromatic N) is 2. The largest absolute Gasteiger partial charge is 0.271 e. The van der Waals surface area contributed by atoms with Crippen molar-refractivity contribution in [2.24, 2.45) is 4.99 Å². The average molecular weight is 264 g/mol. The van der Waals surface area contributed by atoms with Gasteiger partial charge in [-0.05, 0) is 25.8 Å². The van der Waals surface area contributed by atoms with E-state index in [1.165, 1.54) is 0 Å². The van der Waals surface area contributed by atoms with Gasteiger partial charge in [-0.25, -0.2) is 0 Å². The first-order valence-electron chi connectivity index (χ1n) is 6.05. The topological polar surface area (TPSA) is 55.5 Å². The van der Waals surface area contributed by atoms with Crippen molar-refractivity contribution in [3.05, 3.63) is 33.9 Å². The molecular formula is C13H16N2O2S. The summed E-state index contributed by atoms with van der Waals surface area (Å²) in [7, 11) is 0. The van der Waals surface area contributed by atoms with Crippen molar-refractivity contribution in [3.8, 4) is 0 Å². The lowest BCUT2D eigenvalue weighted by molar-refractivity contribution is -0.385. The van der Waals surface area contributed by atoms with E-state index in [1.54, 1.807) is 23.9 Å². The standard InChI is InChI=1S/C13H16N2O2S/c1-4-13(5-2)11-8-10(15(16)17)6-7-12(11)18-9(3)14-13/h6-8H,4-5H2,1-3H3. The average Bonchev–Trinajstić information content (AvgIpc) is 2.36. The molecule has 0 N–H and O–H groups in total. The van der Waals surface area contributed by atoms with Crippen molar-refractivity contribution in [2.75, 3.05) is 0 Å². The minimum absolute atomic E-state index is 0.148. The van der Waals surface area contributed by atoms with Crippen molar-refractivity contribution >= 4 is 22.5 Å². The van der Waals surface area contributed by atoms with Gasteiger partial charge in [-0.15, -0.1) is 0 Å². The first kappa shape index (κ1) is 13.1. The van der Waals surface area contributed by atoms with Crippen molar-refractivity contribution in [2.45, 2.75) is 44.0 Å². The number of rotatable bonds is 3. The summed E-state index contributed by atoms with van der Waals surface area (Å²) < 4.78 is 0. The minimum atomic E-state index is -0.341. The lowest BCUT2D eigenvalue weighted by Gasteiger charge is -2.33. The van der Waals surface area contributed by atoms with Crippen LogP contribution in [0.4, 0.5) is 5.69 Å². The van der Waals surface area contributed by atoms with Crippen molar-refractivity contribution in [3.63, 3.8) is 0 Å².